The molecule has 1 aliphatic rings. The highest BCUT2D eigenvalue weighted by Gasteiger charge is 2.34. The van der Waals surface area contributed by atoms with Gasteiger partial charge in [-0.1, -0.05) is 24.6 Å². The zero-order valence-electron chi connectivity index (χ0n) is 14.6. The number of anilines is 1. The lowest BCUT2D eigenvalue weighted by Gasteiger charge is -2.34. The Morgan fingerprint density at radius 3 is 2.73 bits per heavy atom. The Morgan fingerprint density at radius 1 is 1.27 bits per heavy atom. The molecular formula is C17H23N5O3S. The van der Waals surface area contributed by atoms with Crippen LogP contribution in [0.4, 0.5) is 10.5 Å². The third kappa shape index (κ3) is 4.23. The Balaban J connectivity index is 1.65. The Morgan fingerprint density at radius 2 is 2.04 bits per heavy atom. The smallest absolute Gasteiger partial charge is 0.319 e. The minimum Gasteiger partial charge on any atom is -0.336 e. The third-order valence-corrected chi connectivity index (χ3v) is 6.30. The van der Waals surface area contributed by atoms with Gasteiger partial charge in [0.05, 0.1) is 6.20 Å². The van der Waals surface area contributed by atoms with Gasteiger partial charge in [0, 0.05) is 38.1 Å². The van der Waals surface area contributed by atoms with E-state index in [4.69, 9.17) is 0 Å². The number of piperidine rings is 1. The predicted molar refractivity (Wildman–Crippen MR) is 98.2 cm³/mol. The van der Waals surface area contributed by atoms with E-state index in [9.17, 15) is 13.2 Å². The van der Waals surface area contributed by atoms with Crippen LogP contribution in [0.2, 0.25) is 0 Å². The van der Waals surface area contributed by atoms with Gasteiger partial charge in [-0.15, -0.1) is 0 Å². The first kappa shape index (κ1) is 18.4. The molecule has 1 atom stereocenters. The SMILES string of the molecule is Cn1cc(S(=O)(=O)N2CCCC[C@H]2CNC(=O)Nc2ccccc2)cn1. The highest BCUT2D eigenvalue weighted by molar-refractivity contribution is 7.89. The number of nitrogens with one attached hydrogen (secondary N) is 2. The van der Waals surface area contributed by atoms with E-state index in [-0.39, 0.29) is 23.5 Å². The zero-order chi connectivity index (χ0) is 18.6. The maximum absolute atomic E-state index is 12.9. The van der Waals surface area contributed by atoms with Crippen molar-refractivity contribution in [3.05, 3.63) is 42.7 Å². The molecule has 2 aromatic rings. The first-order chi connectivity index (χ1) is 12.5. The molecule has 0 bridgehead atoms. The number of sulfonamides is 1. The molecule has 0 radical (unpaired) electrons. The van der Waals surface area contributed by atoms with E-state index in [0.29, 0.717) is 18.7 Å². The molecule has 3 rings (SSSR count). The van der Waals surface area contributed by atoms with Crippen LogP contribution in [0, 0.1) is 0 Å². The number of benzene rings is 1. The van der Waals surface area contributed by atoms with Crippen molar-refractivity contribution < 1.29 is 13.2 Å². The lowest BCUT2D eigenvalue weighted by atomic mass is 10.1. The maximum atomic E-state index is 12.9. The lowest BCUT2D eigenvalue weighted by molar-refractivity contribution is 0.231. The van der Waals surface area contributed by atoms with E-state index in [1.54, 1.807) is 19.2 Å². The van der Waals surface area contributed by atoms with Crippen LogP contribution in [0.3, 0.4) is 0 Å². The molecule has 140 valence electrons. The summed E-state index contributed by atoms with van der Waals surface area (Å²) in [7, 11) is -1.94. The number of carbonyl (C=O) groups is 1. The van der Waals surface area contributed by atoms with E-state index in [0.717, 1.165) is 12.8 Å². The summed E-state index contributed by atoms with van der Waals surface area (Å²) in [4.78, 5) is 12.3. The number of urea groups is 1. The standard InChI is InChI=1S/C17H23N5O3S/c1-21-13-16(12-19-21)26(24,25)22-10-6-5-9-15(22)11-18-17(23)20-14-7-3-2-4-8-14/h2-4,7-8,12-13,15H,5-6,9-11H2,1H3,(H2,18,20,23)/t15-/m0/s1. The third-order valence-electron chi connectivity index (χ3n) is 4.39. The highest BCUT2D eigenvalue weighted by atomic mass is 32.2. The van der Waals surface area contributed by atoms with Crippen LogP contribution in [-0.4, -0.2) is 47.7 Å². The average Bonchev–Trinajstić information content (AvgIpc) is 3.08. The maximum Gasteiger partial charge on any atom is 0.319 e. The summed E-state index contributed by atoms with van der Waals surface area (Å²) < 4.78 is 28.7. The predicted octanol–water partition coefficient (Wildman–Crippen LogP) is 1.78. The van der Waals surface area contributed by atoms with E-state index in [1.807, 2.05) is 18.2 Å². The van der Waals surface area contributed by atoms with Crippen molar-refractivity contribution in [3.63, 3.8) is 0 Å². The van der Waals surface area contributed by atoms with E-state index in [2.05, 4.69) is 15.7 Å². The molecule has 9 heteroatoms. The number of carbonyl (C=O) groups excluding carboxylic acids is 1. The molecule has 0 saturated carbocycles. The number of aromatic nitrogens is 2. The van der Waals surface area contributed by atoms with Crippen LogP contribution >= 0.6 is 0 Å². The van der Waals surface area contributed by atoms with Crippen LogP contribution in [0.1, 0.15) is 19.3 Å². The van der Waals surface area contributed by atoms with E-state index >= 15 is 0 Å². The second-order valence-electron chi connectivity index (χ2n) is 6.32. The molecule has 1 aromatic carbocycles. The van der Waals surface area contributed by atoms with Crippen molar-refractivity contribution in [2.24, 2.45) is 7.05 Å². The monoisotopic (exact) mass is 377 g/mol. The van der Waals surface area contributed by atoms with Crippen LogP contribution in [0.5, 0.6) is 0 Å². The first-order valence-electron chi connectivity index (χ1n) is 8.57. The number of nitrogens with zero attached hydrogens (tertiary/aromatic N) is 3. The fourth-order valence-electron chi connectivity index (χ4n) is 3.07. The van der Waals surface area contributed by atoms with Crippen LogP contribution in [-0.2, 0) is 17.1 Å². The molecule has 1 aromatic heterocycles. The minimum atomic E-state index is -3.62. The van der Waals surface area contributed by atoms with Gasteiger partial charge in [0.1, 0.15) is 4.90 Å². The normalized spacial score (nSPS) is 18.4. The second kappa shape index (κ2) is 7.88. The topological polar surface area (TPSA) is 96.3 Å². The van der Waals surface area contributed by atoms with Crippen molar-refractivity contribution in [3.8, 4) is 0 Å². The zero-order valence-corrected chi connectivity index (χ0v) is 15.4. The van der Waals surface area contributed by atoms with Crippen molar-refractivity contribution in [2.75, 3.05) is 18.4 Å². The summed E-state index contributed by atoms with van der Waals surface area (Å²) >= 11 is 0. The van der Waals surface area contributed by atoms with Crippen molar-refractivity contribution >= 4 is 21.7 Å². The first-order valence-corrected chi connectivity index (χ1v) is 10.0. The summed E-state index contributed by atoms with van der Waals surface area (Å²) in [5, 5.41) is 9.48. The van der Waals surface area contributed by atoms with Crippen LogP contribution < -0.4 is 10.6 Å². The molecule has 1 saturated heterocycles. The highest BCUT2D eigenvalue weighted by Crippen LogP contribution is 2.24. The van der Waals surface area contributed by atoms with Gasteiger partial charge in [-0.05, 0) is 25.0 Å². The van der Waals surface area contributed by atoms with E-state index < -0.39 is 10.0 Å². The summed E-state index contributed by atoms with van der Waals surface area (Å²) in [5.41, 5.74) is 0.688. The largest absolute Gasteiger partial charge is 0.336 e. The average molecular weight is 377 g/mol. The number of aryl methyl sites for hydroxylation is 1. The van der Waals surface area contributed by atoms with Crippen molar-refractivity contribution in [2.45, 2.75) is 30.2 Å². The molecule has 0 unspecified atom stereocenters. The van der Waals surface area contributed by atoms with Crippen LogP contribution in [0.25, 0.3) is 0 Å². The number of rotatable bonds is 5. The van der Waals surface area contributed by atoms with Crippen molar-refractivity contribution in [1.29, 1.82) is 0 Å². The number of amides is 2. The minimum absolute atomic E-state index is 0.181. The summed E-state index contributed by atoms with van der Waals surface area (Å²) in [6.45, 7) is 0.710. The van der Waals surface area contributed by atoms with Gasteiger partial charge < -0.3 is 10.6 Å². The molecule has 0 aliphatic carbocycles. The fourth-order valence-corrected chi connectivity index (χ4v) is 4.75. The Bertz CT molecular complexity index is 850. The molecule has 8 nitrogen and oxygen atoms in total. The Kier molecular flexibility index (Phi) is 5.58. The molecule has 2 heterocycles. The van der Waals surface area contributed by atoms with Gasteiger partial charge in [-0.25, -0.2) is 13.2 Å². The van der Waals surface area contributed by atoms with Gasteiger partial charge in [0.25, 0.3) is 0 Å². The van der Waals surface area contributed by atoms with Gasteiger partial charge in [0.2, 0.25) is 10.0 Å². The molecule has 0 spiro atoms. The summed E-state index contributed by atoms with van der Waals surface area (Å²) in [5.74, 6) is 0. The quantitative estimate of drug-likeness (QED) is 0.830. The van der Waals surface area contributed by atoms with Gasteiger partial charge in [-0.2, -0.15) is 9.40 Å². The lowest BCUT2D eigenvalue weighted by Crippen LogP contribution is -2.49. The molecule has 26 heavy (non-hydrogen) atoms. The molecule has 2 amide bonds. The molecule has 2 N–H and O–H groups in total. The van der Waals surface area contributed by atoms with Gasteiger partial charge in [-0.3, -0.25) is 4.68 Å². The Hall–Kier alpha value is -2.39. The van der Waals surface area contributed by atoms with Crippen LogP contribution in [0.15, 0.2) is 47.6 Å². The second-order valence-corrected chi connectivity index (χ2v) is 8.21. The number of hydrogen-bond donors (Lipinski definition) is 2. The number of para-hydroxylation sites is 1. The van der Waals surface area contributed by atoms with Gasteiger partial charge in [0.15, 0.2) is 0 Å². The molecular weight excluding hydrogens is 354 g/mol. The van der Waals surface area contributed by atoms with Crippen molar-refractivity contribution in [1.82, 2.24) is 19.4 Å². The summed E-state index contributed by atoms with van der Waals surface area (Å²) in [6, 6.07) is 8.50. The molecule has 1 fully saturated rings. The van der Waals surface area contributed by atoms with E-state index in [1.165, 1.54) is 21.4 Å². The van der Waals surface area contributed by atoms with Gasteiger partial charge >= 0.3 is 6.03 Å². The molecule has 1 aliphatic heterocycles. The number of hydrogen-bond acceptors (Lipinski definition) is 4. The Labute approximate surface area is 153 Å². The summed E-state index contributed by atoms with van der Waals surface area (Å²) in [6.07, 6.45) is 5.32. The fraction of sp³-hybridized carbons (Fsp3) is 0.412.